The lowest BCUT2D eigenvalue weighted by molar-refractivity contribution is -0.123. The van der Waals surface area contributed by atoms with Crippen LogP contribution in [0.2, 0.25) is 0 Å². The maximum absolute atomic E-state index is 12.2. The highest BCUT2D eigenvalue weighted by Crippen LogP contribution is 2.29. The molecule has 5 heteroatoms. The van der Waals surface area contributed by atoms with Gasteiger partial charge in [0.1, 0.15) is 17.9 Å². The molecule has 1 aliphatic rings. The smallest absolute Gasteiger partial charge is 0.143 e. The minimum atomic E-state index is 0.204. The average Bonchev–Trinajstić information content (AvgIpc) is 2.86. The van der Waals surface area contributed by atoms with Crippen molar-refractivity contribution in [3.05, 3.63) is 12.2 Å². The number of aryl methyl sites for hydroxylation is 1. The zero-order valence-corrected chi connectivity index (χ0v) is 11.0. The molecule has 0 aromatic carbocycles. The van der Waals surface area contributed by atoms with Gasteiger partial charge in [0.15, 0.2) is 0 Å². The zero-order chi connectivity index (χ0) is 13.0. The molecule has 1 aliphatic carbocycles. The van der Waals surface area contributed by atoms with Crippen molar-refractivity contribution < 1.29 is 4.79 Å². The molecule has 0 unspecified atom stereocenters. The Labute approximate surface area is 108 Å². The molecule has 1 saturated carbocycles. The number of hydrogen-bond donors (Lipinski definition) is 1. The minimum Gasteiger partial charge on any atom is -0.330 e. The molecule has 1 aromatic heterocycles. The lowest BCUT2D eigenvalue weighted by atomic mass is 9.79. The number of hydrogen-bond acceptors (Lipinski definition) is 4. The molecule has 0 spiro atoms. The Morgan fingerprint density at radius 1 is 1.44 bits per heavy atom. The predicted molar refractivity (Wildman–Crippen MR) is 68.9 cm³/mol. The van der Waals surface area contributed by atoms with E-state index in [0.717, 1.165) is 44.6 Å². The van der Waals surface area contributed by atoms with Gasteiger partial charge < -0.3 is 5.73 Å². The summed E-state index contributed by atoms with van der Waals surface area (Å²) in [5.74, 6) is 1.93. The molecule has 1 heterocycles. The van der Waals surface area contributed by atoms with Crippen LogP contribution in [0.1, 0.15) is 38.4 Å². The van der Waals surface area contributed by atoms with E-state index in [4.69, 9.17) is 5.73 Å². The van der Waals surface area contributed by atoms with Gasteiger partial charge in [-0.1, -0.05) is 0 Å². The number of carbonyl (C=O) groups excluding carboxylic acids is 1. The summed E-state index contributed by atoms with van der Waals surface area (Å²) in [5, 5.41) is 4.09. The van der Waals surface area contributed by atoms with Gasteiger partial charge in [0.25, 0.3) is 0 Å². The van der Waals surface area contributed by atoms with Crippen LogP contribution in [0.15, 0.2) is 6.33 Å². The molecule has 5 nitrogen and oxygen atoms in total. The Hall–Kier alpha value is -1.23. The SMILES string of the molecule is CCn1ncnc1CC(=O)C1CCC(CN)CC1. The third-order valence-electron chi connectivity index (χ3n) is 3.96. The van der Waals surface area contributed by atoms with Crippen molar-refractivity contribution in [2.24, 2.45) is 17.6 Å². The minimum absolute atomic E-state index is 0.204. The van der Waals surface area contributed by atoms with Crippen LogP contribution in [0.5, 0.6) is 0 Å². The van der Waals surface area contributed by atoms with Gasteiger partial charge in [-0.15, -0.1) is 0 Å². The molecule has 2 rings (SSSR count). The monoisotopic (exact) mass is 250 g/mol. The number of rotatable bonds is 5. The molecular formula is C13H22N4O. The van der Waals surface area contributed by atoms with E-state index in [1.807, 2.05) is 6.92 Å². The van der Waals surface area contributed by atoms with Gasteiger partial charge in [0.2, 0.25) is 0 Å². The number of aromatic nitrogens is 3. The quantitative estimate of drug-likeness (QED) is 0.851. The molecule has 0 amide bonds. The van der Waals surface area contributed by atoms with Gasteiger partial charge in [0, 0.05) is 12.5 Å². The Kier molecular flexibility index (Phi) is 4.47. The summed E-state index contributed by atoms with van der Waals surface area (Å²) >= 11 is 0. The highest BCUT2D eigenvalue weighted by Gasteiger charge is 2.26. The molecule has 1 fully saturated rings. The summed E-state index contributed by atoms with van der Waals surface area (Å²) in [5.41, 5.74) is 5.67. The Bertz CT molecular complexity index is 393. The summed E-state index contributed by atoms with van der Waals surface area (Å²) in [6.45, 7) is 3.53. The van der Waals surface area contributed by atoms with E-state index < -0.39 is 0 Å². The van der Waals surface area contributed by atoms with Crippen LogP contribution in [0.3, 0.4) is 0 Å². The standard InChI is InChI=1S/C13H22N4O/c1-2-17-13(15-9-16-17)7-12(18)11-5-3-10(8-14)4-6-11/h9-11H,2-8,14H2,1H3. The van der Waals surface area contributed by atoms with E-state index in [-0.39, 0.29) is 5.92 Å². The number of ketones is 1. The fraction of sp³-hybridized carbons (Fsp3) is 0.769. The lowest BCUT2D eigenvalue weighted by Gasteiger charge is -2.26. The second-order valence-corrected chi connectivity index (χ2v) is 5.09. The summed E-state index contributed by atoms with van der Waals surface area (Å²) in [7, 11) is 0. The van der Waals surface area contributed by atoms with Crippen molar-refractivity contribution in [2.75, 3.05) is 6.54 Å². The maximum Gasteiger partial charge on any atom is 0.143 e. The van der Waals surface area contributed by atoms with Crippen LogP contribution >= 0.6 is 0 Å². The Balaban J connectivity index is 1.89. The third-order valence-corrected chi connectivity index (χ3v) is 3.96. The van der Waals surface area contributed by atoms with E-state index >= 15 is 0 Å². The highest BCUT2D eigenvalue weighted by atomic mass is 16.1. The molecule has 0 aliphatic heterocycles. The fourth-order valence-electron chi connectivity index (χ4n) is 2.71. The second kappa shape index (κ2) is 6.09. The topological polar surface area (TPSA) is 73.8 Å². The van der Waals surface area contributed by atoms with E-state index in [1.54, 1.807) is 4.68 Å². The van der Waals surface area contributed by atoms with Crippen LogP contribution in [-0.4, -0.2) is 27.1 Å². The lowest BCUT2D eigenvalue weighted by Crippen LogP contribution is -2.27. The first-order chi connectivity index (χ1) is 8.74. The van der Waals surface area contributed by atoms with E-state index in [9.17, 15) is 4.79 Å². The van der Waals surface area contributed by atoms with Crippen LogP contribution in [-0.2, 0) is 17.8 Å². The first-order valence-corrected chi connectivity index (χ1v) is 6.84. The van der Waals surface area contributed by atoms with Gasteiger partial charge in [-0.3, -0.25) is 4.79 Å². The Morgan fingerprint density at radius 2 is 2.17 bits per heavy atom. The van der Waals surface area contributed by atoms with Crippen molar-refractivity contribution >= 4 is 5.78 Å². The summed E-state index contributed by atoms with van der Waals surface area (Å²) in [4.78, 5) is 16.4. The van der Waals surface area contributed by atoms with Gasteiger partial charge >= 0.3 is 0 Å². The largest absolute Gasteiger partial charge is 0.330 e. The number of carbonyl (C=O) groups is 1. The van der Waals surface area contributed by atoms with Crippen LogP contribution in [0.25, 0.3) is 0 Å². The van der Waals surface area contributed by atoms with E-state index in [1.165, 1.54) is 6.33 Å². The van der Waals surface area contributed by atoms with Crippen molar-refractivity contribution in [1.82, 2.24) is 14.8 Å². The van der Waals surface area contributed by atoms with Crippen LogP contribution in [0, 0.1) is 11.8 Å². The van der Waals surface area contributed by atoms with E-state index in [2.05, 4.69) is 10.1 Å². The van der Waals surface area contributed by atoms with Gasteiger partial charge in [-0.2, -0.15) is 5.10 Å². The van der Waals surface area contributed by atoms with Crippen LogP contribution in [0.4, 0.5) is 0 Å². The first-order valence-electron chi connectivity index (χ1n) is 6.84. The fourth-order valence-corrected chi connectivity index (χ4v) is 2.71. The molecule has 100 valence electrons. The number of Topliss-reactive ketones (excluding diaryl/α,β-unsaturated/α-hetero) is 1. The zero-order valence-electron chi connectivity index (χ0n) is 11.0. The van der Waals surface area contributed by atoms with Gasteiger partial charge in [-0.25, -0.2) is 9.67 Å². The van der Waals surface area contributed by atoms with Crippen molar-refractivity contribution in [1.29, 1.82) is 0 Å². The Morgan fingerprint density at radius 3 is 2.78 bits per heavy atom. The summed E-state index contributed by atoms with van der Waals surface area (Å²) < 4.78 is 1.80. The summed E-state index contributed by atoms with van der Waals surface area (Å²) in [6.07, 6.45) is 6.10. The average molecular weight is 250 g/mol. The van der Waals surface area contributed by atoms with Gasteiger partial charge in [-0.05, 0) is 45.1 Å². The maximum atomic E-state index is 12.2. The van der Waals surface area contributed by atoms with Crippen molar-refractivity contribution in [2.45, 2.75) is 45.6 Å². The molecule has 0 atom stereocenters. The molecule has 0 radical (unpaired) electrons. The van der Waals surface area contributed by atoms with Gasteiger partial charge in [0.05, 0.1) is 6.42 Å². The number of nitrogens with two attached hydrogens (primary N) is 1. The highest BCUT2D eigenvalue weighted by molar-refractivity contribution is 5.82. The van der Waals surface area contributed by atoms with Crippen molar-refractivity contribution in [3.63, 3.8) is 0 Å². The number of nitrogens with zero attached hydrogens (tertiary/aromatic N) is 3. The molecule has 1 aromatic rings. The molecule has 18 heavy (non-hydrogen) atoms. The van der Waals surface area contributed by atoms with Crippen molar-refractivity contribution in [3.8, 4) is 0 Å². The normalized spacial score (nSPS) is 24.1. The molecule has 2 N–H and O–H groups in total. The first kappa shape index (κ1) is 13.2. The predicted octanol–water partition coefficient (Wildman–Crippen LogP) is 1.17. The molecule has 0 bridgehead atoms. The van der Waals surface area contributed by atoms with E-state index in [0.29, 0.717) is 18.1 Å². The third kappa shape index (κ3) is 2.96. The molecular weight excluding hydrogens is 228 g/mol. The molecule has 0 saturated heterocycles. The summed E-state index contributed by atoms with van der Waals surface area (Å²) in [6, 6.07) is 0. The second-order valence-electron chi connectivity index (χ2n) is 5.09. The van der Waals surface area contributed by atoms with Crippen LogP contribution < -0.4 is 5.73 Å².